The Labute approximate surface area is 133 Å². The summed E-state index contributed by atoms with van der Waals surface area (Å²) in [5, 5.41) is 7.09. The van der Waals surface area contributed by atoms with Crippen LogP contribution in [0.5, 0.6) is 0 Å². The SMILES string of the molecule is O=C(Cc1ccc(F)cc1)NCCn1nc(C2CC2)ccc1=O. The van der Waals surface area contributed by atoms with Crippen molar-refractivity contribution in [1.29, 1.82) is 0 Å². The molecular formula is C17H18FN3O2. The van der Waals surface area contributed by atoms with Gasteiger partial charge >= 0.3 is 0 Å². The molecule has 0 radical (unpaired) electrons. The highest BCUT2D eigenvalue weighted by molar-refractivity contribution is 5.78. The van der Waals surface area contributed by atoms with Crippen molar-refractivity contribution in [2.75, 3.05) is 6.54 Å². The Kier molecular flexibility index (Phi) is 4.50. The van der Waals surface area contributed by atoms with E-state index in [0.717, 1.165) is 24.1 Å². The van der Waals surface area contributed by atoms with E-state index in [9.17, 15) is 14.0 Å². The second-order valence-electron chi connectivity index (χ2n) is 5.75. The van der Waals surface area contributed by atoms with E-state index < -0.39 is 0 Å². The van der Waals surface area contributed by atoms with Crippen LogP contribution in [0.3, 0.4) is 0 Å². The molecule has 6 heteroatoms. The Balaban J connectivity index is 1.50. The minimum atomic E-state index is -0.324. The lowest BCUT2D eigenvalue weighted by molar-refractivity contribution is -0.120. The highest BCUT2D eigenvalue weighted by atomic mass is 19.1. The number of carbonyl (C=O) groups is 1. The van der Waals surface area contributed by atoms with Gasteiger partial charge in [0.25, 0.3) is 5.56 Å². The van der Waals surface area contributed by atoms with Crippen LogP contribution in [-0.4, -0.2) is 22.2 Å². The second-order valence-corrected chi connectivity index (χ2v) is 5.75. The van der Waals surface area contributed by atoms with E-state index in [1.54, 1.807) is 18.2 Å². The maximum atomic E-state index is 12.8. The third kappa shape index (κ3) is 4.25. The van der Waals surface area contributed by atoms with Gasteiger partial charge in [-0.25, -0.2) is 9.07 Å². The van der Waals surface area contributed by atoms with Gasteiger partial charge in [-0.2, -0.15) is 5.10 Å². The third-order valence-corrected chi connectivity index (χ3v) is 3.81. The maximum Gasteiger partial charge on any atom is 0.266 e. The number of halogens is 1. The Bertz CT molecular complexity index is 751. The molecule has 1 amide bonds. The standard InChI is InChI=1S/C17H18FN3O2/c18-14-5-1-12(2-6-14)11-16(22)19-9-10-21-17(23)8-7-15(20-21)13-3-4-13/h1-2,5-8,13H,3-4,9-11H2,(H,19,22). The van der Waals surface area contributed by atoms with Crippen molar-refractivity contribution < 1.29 is 9.18 Å². The molecule has 1 saturated carbocycles. The first-order valence-corrected chi connectivity index (χ1v) is 7.71. The van der Waals surface area contributed by atoms with Gasteiger partial charge < -0.3 is 5.32 Å². The lowest BCUT2D eigenvalue weighted by atomic mass is 10.1. The number of carbonyl (C=O) groups excluding carboxylic acids is 1. The number of nitrogens with zero attached hydrogens (tertiary/aromatic N) is 2. The maximum absolute atomic E-state index is 12.8. The second kappa shape index (κ2) is 6.73. The molecule has 1 aromatic carbocycles. The molecule has 2 aromatic rings. The van der Waals surface area contributed by atoms with Crippen LogP contribution in [0.1, 0.15) is 30.0 Å². The summed E-state index contributed by atoms with van der Waals surface area (Å²) in [4.78, 5) is 23.6. The average molecular weight is 315 g/mol. The molecule has 23 heavy (non-hydrogen) atoms. The number of rotatable bonds is 6. The number of hydrogen-bond donors (Lipinski definition) is 1. The number of aromatic nitrogens is 2. The predicted octanol–water partition coefficient (Wildman–Crippen LogP) is 1.62. The predicted molar refractivity (Wildman–Crippen MR) is 83.6 cm³/mol. The van der Waals surface area contributed by atoms with Crippen molar-refractivity contribution in [3.63, 3.8) is 0 Å². The highest BCUT2D eigenvalue weighted by Gasteiger charge is 2.25. The molecule has 0 atom stereocenters. The van der Waals surface area contributed by atoms with Gasteiger partial charge in [0.05, 0.1) is 18.7 Å². The molecule has 0 unspecified atom stereocenters. The van der Waals surface area contributed by atoms with Crippen molar-refractivity contribution in [2.24, 2.45) is 0 Å². The highest BCUT2D eigenvalue weighted by Crippen LogP contribution is 2.38. The van der Waals surface area contributed by atoms with Gasteiger partial charge in [0.1, 0.15) is 5.82 Å². The van der Waals surface area contributed by atoms with Crippen LogP contribution < -0.4 is 10.9 Å². The van der Waals surface area contributed by atoms with Crippen molar-refractivity contribution in [1.82, 2.24) is 15.1 Å². The van der Waals surface area contributed by atoms with Crippen LogP contribution in [0.2, 0.25) is 0 Å². The number of benzene rings is 1. The van der Waals surface area contributed by atoms with E-state index >= 15 is 0 Å². The van der Waals surface area contributed by atoms with Crippen molar-refractivity contribution >= 4 is 5.91 Å². The molecule has 1 heterocycles. The van der Waals surface area contributed by atoms with Crippen LogP contribution >= 0.6 is 0 Å². The van der Waals surface area contributed by atoms with E-state index in [-0.39, 0.29) is 23.7 Å². The van der Waals surface area contributed by atoms with Gasteiger partial charge in [-0.1, -0.05) is 12.1 Å². The van der Waals surface area contributed by atoms with E-state index in [2.05, 4.69) is 10.4 Å². The van der Waals surface area contributed by atoms with E-state index in [0.29, 0.717) is 19.0 Å². The monoisotopic (exact) mass is 315 g/mol. The summed E-state index contributed by atoms with van der Waals surface area (Å²) in [5.41, 5.74) is 1.53. The van der Waals surface area contributed by atoms with Crippen LogP contribution in [-0.2, 0) is 17.8 Å². The fraction of sp³-hybridized carbons (Fsp3) is 0.353. The molecular weight excluding hydrogens is 297 g/mol. The minimum absolute atomic E-state index is 0.164. The molecule has 120 valence electrons. The normalized spacial score (nSPS) is 13.8. The molecule has 0 bridgehead atoms. The number of nitrogens with one attached hydrogen (secondary N) is 1. The Morgan fingerprint density at radius 1 is 1.22 bits per heavy atom. The van der Waals surface area contributed by atoms with Crippen molar-refractivity contribution in [3.05, 3.63) is 63.8 Å². The molecule has 1 aliphatic carbocycles. The molecule has 1 aliphatic rings. The Morgan fingerprint density at radius 2 is 1.96 bits per heavy atom. The number of amides is 1. The first kappa shape index (κ1) is 15.4. The molecule has 0 aliphatic heterocycles. The summed E-state index contributed by atoms with van der Waals surface area (Å²) < 4.78 is 14.2. The molecule has 1 fully saturated rings. The Hall–Kier alpha value is -2.50. The summed E-state index contributed by atoms with van der Waals surface area (Å²) in [6.07, 6.45) is 2.43. The lowest BCUT2D eigenvalue weighted by Crippen LogP contribution is -2.32. The quantitative estimate of drug-likeness (QED) is 0.881. The smallest absolute Gasteiger partial charge is 0.266 e. The van der Waals surface area contributed by atoms with Gasteiger partial charge in [-0.15, -0.1) is 0 Å². The minimum Gasteiger partial charge on any atom is -0.354 e. The molecule has 3 rings (SSSR count). The first-order chi connectivity index (χ1) is 11.1. The van der Waals surface area contributed by atoms with E-state index in [1.807, 2.05) is 0 Å². The zero-order chi connectivity index (χ0) is 16.2. The summed E-state index contributed by atoms with van der Waals surface area (Å²) in [6, 6.07) is 9.13. The zero-order valence-electron chi connectivity index (χ0n) is 12.7. The Morgan fingerprint density at radius 3 is 2.65 bits per heavy atom. The fourth-order valence-electron chi connectivity index (χ4n) is 2.37. The van der Waals surface area contributed by atoms with Crippen LogP contribution in [0.15, 0.2) is 41.2 Å². The summed E-state index contributed by atoms with van der Waals surface area (Å²) in [7, 11) is 0. The van der Waals surface area contributed by atoms with Crippen LogP contribution in [0, 0.1) is 5.82 Å². The van der Waals surface area contributed by atoms with Gasteiger partial charge in [-0.3, -0.25) is 9.59 Å². The first-order valence-electron chi connectivity index (χ1n) is 7.71. The van der Waals surface area contributed by atoms with Gasteiger partial charge in [-0.05, 0) is 36.6 Å². The fourth-order valence-corrected chi connectivity index (χ4v) is 2.37. The van der Waals surface area contributed by atoms with Crippen molar-refractivity contribution in [2.45, 2.75) is 31.7 Å². The average Bonchev–Trinajstić information content (AvgIpc) is 3.36. The lowest BCUT2D eigenvalue weighted by Gasteiger charge is -2.08. The van der Waals surface area contributed by atoms with E-state index in [4.69, 9.17) is 0 Å². The molecule has 0 saturated heterocycles. The van der Waals surface area contributed by atoms with Gasteiger partial charge in [0.2, 0.25) is 5.91 Å². The van der Waals surface area contributed by atoms with E-state index in [1.165, 1.54) is 22.9 Å². The summed E-state index contributed by atoms with van der Waals surface area (Å²) >= 11 is 0. The molecule has 5 nitrogen and oxygen atoms in total. The van der Waals surface area contributed by atoms with Gasteiger partial charge in [0, 0.05) is 18.5 Å². The van der Waals surface area contributed by atoms with Crippen LogP contribution in [0.4, 0.5) is 4.39 Å². The molecule has 0 spiro atoms. The molecule has 1 N–H and O–H groups in total. The van der Waals surface area contributed by atoms with Gasteiger partial charge in [0.15, 0.2) is 0 Å². The number of hydrogen-bond acceptors (Lipinski definition) is 3. The summed E-state index contributed by atoms with van der Waals surface area (Å²) in [5.74, 6) is -0.00641. The topological polar surface area (TPSA) is 64.0 Å². The van der Waals surface area contributed by atoms with Crippen molar-refractivity contribution in [3.8, 4) is 0 Å². The molecule has 1 aromatic heterocycles. The van der Waals surface area contributed by atoms with Crippen LogP contribution in [0.25, 0.3) is 0 Å². The third-order valence-electron chi connectivity index (χ3n) is 3.81. The largest absolute Gasteiger partial charge is 0.354 e. The summed E-state index contributed by atoms with van der Waals surface area (Å²) in [6.45, 7) is 0.676. The zero-order valence-corrected chi connectivity index (χ0v) is 12.7.